The van der Waals surface area contributed by atoms with E-state index in [4.69, 9.17) is 0 Å². The van der Waals surface area contributed by atoms with E-state index in [0.717, 1.165) is 16.1 Å². The first kappa shape index (κ1) is 22.4. The van der Waals surface area contributed by atoms with E-state index >= 15 is 0 Å². The van der Waals surface area contributed by atoms with Crippen LogP contribution in [0.3, 0.4) is 0 Å². The molecule has 1 fully saturated rings. The van der Waals surface area contributed by atoms with Crippen LogP contribution in [0, 0.1) is 5.82 Å². The molecule has 8 heteroatoms. The predicted octanol–water partition coefficient (Wildman–Crippen LogP) is 2.79. The van der Waals surface area contributed by atoms with Gasteiger partial charge >= 0.3 is 6.03 Å². The molecule has 1 aliphatic rings. The summed E-state index contributed by atoms with van der Waals surface area (Å²) in [4.78, 5) is 39.4. The molecule has 7 nitrogen and oxygen atoms in total. The van der Waals surface area contributed by atoms with E-state index in [9.17, 15) is 18.8 Å². The van der Waals surface area contributed by atoms with Crippen LogP contribution in [0.5, 0.6) is 0 Å². The van der Waals surface area contributed by atoms with Gasteiger partial charge in [0.15, 0.2) is 0 Å². The number of nitrogens with zero attached hydrogens (tertiary/aromatic N) is 2. The lowest BCUT2D eigenvalue weighted by Crippen LogP contribution is -2.51. The summed E-state index contributed by atoms with van der Waals surface area (Å²) in [6.45, 7) is 3.50. The zero-order chi connectivity index (χ0) is 22.6. The van der Waals surface area contributed by atoms with E-state index in [1.165, 1.54) is 12.1 Å². The van der Waals surface area contributed by atoms with E-state index < -0.39 is 23.4 Å². The molecule has 1 saturated heterocycles. The Morgan fingerprint density at radius 2 is 1.81 bits per heavy atom. The van der Waals surface area contributed by atoms with Crippen molar-refractivity contribution in [3.8, 4) is 0 Å². The molecule has 0 radical (unpaired) electrons. The summed E-state index contributed by atoms with van der Waals surface area (Å²) in [6, 6.07) is 14.9. The third kappa shape index (κ3) is 5.27. The maximum absolute atomic E-state index is 13.1. The van der Waals surface area contributed by atoms with E-state index in [2.05, 4.69) is 10.7 Å². The van der Waals surface area contributed by atoms with Crippen molar-refractivity contribution in [3.63, 3.8) is 0 Å². The third-order valence-corrected chi connectivity index (χ3v) is 5.66. The minimum absolute atomic E-state index is 0.0453. The number of halogens is 1. The van der Waals surface area contributed by atoms with Crippen LogP contribution in [0.4, 0.5) is 9.18 Å². The summed E-state index contributed by atoms with van der Waals surface area (Å²) < 4.78 is 13.1. The Bertz CT molecular complexity index is 951. The smallest absolute Gasteiger partial charge is 0.322 e. The van der Waals surface area contributed by atoms with Gasteiger partial charge < -0.3 is 5.32 Å². The Kier molecular flexibility index (Phi) is 6.70. The van der Waals surface area contributed by atoms with Gasteiger partial charge in [0, 0.05) is 6.04 Å². The van der Waals surface area contributed by atoms with Crippen molar-refractivity contribution in [2.24, 2.45) is 0 Å². The van der Waals surface area contributed by atoms with Gasteiger partial charge in [0.25, 0.3) is 11.8 Å². The van der Waals surface area contributed by atoms with Crippen LogP contribution in [0.15, 0.2) is 54.6 Å². The Morgan fingerprint density at radius 1 is 1.16 bits per heavy atom. The van der Waals surface area contributed by atoms with Gasteiger partial charge in [0.05, 0.1) is 6.54 Å². The number of likely N-dealkylation sites (N-methyl/N-ethyl adjacent to an activating group) is 1. The van der Waals surface area contributed by atoms with Crippen molar-refractivity contribution in [2.75, 3.05) is 13.6 Å². The molecule has 0 spiro atoms. The largest absolute Gasteiger partial charge is 0.344 e. The second kappa shape index (κ2) is 9.26. The van der Waals surface area contributed by atoms with Gasteiger partial charge in [-0.2, -0.15) is 5.01 Å². The van der Waals surface area contributed by atoms with Gasteiger partial charge in [-0.05, 0) is 57.0 Å². The number of imide groups is 1. The van der Waals surface area contributed by atoms with E-state index in [1.54, 1.807) is 31.0 Å². The van der Waals surface area contributed by atoms with Gasteiger partial charge in [-0.3, -0.25) is 19.9 Å². The van der Waals surface area contributed by atoms with Crippen molar-refractivity contribution >= 4 is 17.8 Å². The number of carbonyl (C=O) groups excluding carboxylic acids is 3. The summed E-state index contributed by atoms with van der Waals surface area (Å²) in [5, 5.41) is 3.44. The summed E-state index contributed by atoms with van der Waals surface area (Å²) in [7, 11) is 1.74. The molecule has 3 rings (SSSR count). The van der Waals surface area contributed by atoms with E-state index in [0.29, 0.717) is 12.8 Å². The van der Waals surface area contributed by atoms with Gasteiger partial charge in [-0.25, -0.2) is 9.18 Å². The molecule has 0 aromatic heterocycles. The lowest BCUT2D eigenvalue weighted by atomic mass is 9.93. The van der Waals surface area contributed by atoms with E-state index in [1.807, 2.05) is 37.3 Å². The van der Waals surface area contributed by atoms with Gasteiger partial charge in [0.1, 0.15) is 11.4 Å². The molecule has 2 aromatic rings. The number of urea groups is 1. The maximum Gasteiger partial charge on any atom is 0.344 e. The molecule has 0 aliphatic carbocycles. The first-order chi connectivity index (χ1) is 14.7. The first-order valence-electron chi connectivity index (χ1n) is 10.2. The molecule has 4 amide bonds. The van der Waals surface area contributed by atoms with Crippen LogP contribution >= 0.6 is 0 Å². The number of hydrazine groups is 1. The Balaban J connectivity index is 1.57. The number of amides is 4. The van der Waals surface area contributed by atoms with Crippen LogP contribution in [0.1, 0.15) is 37.4 Å². The topological polar surface area (TPSA) is 81.8 Å². The highest BCUT2D eigenvalue weighted by atomic mass is 19.1. The number of aryl methyl sites for hydroxylation is 1. The molecule has 31 heavy (non-hydrogen) atoms. The van der Waals surface area contributed by atoms with E-state index in [-0.39, 0.29) is 18.4 Å². The second-order valence-corrected chi connectivity index (χ2v) is 8.07. The quantitative estimate of drug-likeness (QED) is 0.636. The Morgan fingerprint density at radius 3 is 2.45 bits per heavy atom. The highest BCUT2D eigenvalue weighted by Crippen LogP contribution is 2.23. The first-order valence-corrected chi connectivity index (χ1v) is 10.2. The molecule has 2 aromatic carbocycles. The molecule has 2 atom stereocenters. The average Bonchev–Trinajstić information content (AvgIpc) is 2.96. The van der Waals surface area contributed by atoms with Crippen LogP contribution in [-0.4, -0.2) is 46.9 Å². The molecule has 0 bridgehead atoms. The summed E-state index contributed by atoms with van der Waals surface area (Å²) in [5.74, 6) is -1.31. The molecule has 164 valence electrons. The van der Waals surface area contributed by atoms with Gasteiger partial charge in [0.2, 0.25) is 0 Å². The molecule has 0 saturated carbocycles. The molecule has 1 aliphatic heterocycles. The van der Waals surface area contributed by atoms with Gasteiger partial charge in [-0.15, -0.1) is 0 Å². The zero-order valence-electron chi connectivity index (χ0n) is 17.9. The number of hydrogen-bond acceptors (Lipinski definition) is 4. The van der Waals surface area contributed by atoms with Crippen molar-refractivity contribution in [1.29, 1.82) is 0 Å². The Hall–Kier alpha value is -3.26. The lowest BCUT2D eigenvalue weighted by Gasteiger charge is -2.25. The highest BCUT2D eigenvalue weighted by molar-refractivity contribution is 6.07. The summed E-state index contributed by atoms with van der Waals surface area (Å²) >= 11 is 0. The zero-order valence-corrected chi connectivity index (χ0v) is 17.9. The monoisotopic (exact) mass is 426 g/mol. The third-order valence-electron chi connectivity index (χ3n) is 5.66. The minimum Gasteiger partial charge on any atom is -0.322 e. The lowest BCUT2D eigenvalue weighted by molar-refractivity contribution is -0.139. The summed E-state index contributed by atoms with van der Waals surface area (Å²) in [5.41, 5.74) is 3.23. The number of hydrogen-bond donors (Lipinski definition) is 2. The Labute approximate surface area is 181 Å². The normalized spacial score (nSPS) is 19.5. The van der Waals surface area contributed by atoms with Crippen LogP contribution in [-0.2, 0) is 16.0 Å². The predicted molar refractivity (Wildman–Crippen MR) is 114 cm³/mol. The van der Waals surface area contributed by atoms with Crippen molar-refractivity contribution in [3.05, 3.63) is 71.5 Å². The molecular formula is C23H27FN4O3. The number of nitrogens with one attached hydrogen (secondary N) is 2. The fourth-order valence-corrected chi connectivity index (χ4v) is 3.51. The molecule has 2 N–H and O–H groups in total. The number of benzene rings is 2. The second-order valence-electron chi connectivity index (χ2n) is 8.07. The minimum atomic E-state index is -1.09. The van der Waals surface area contributed by atoms with Crippen molar-refractivity contribution < 1.29 is 18.8 Å². The number of rotatable bonds is 8. The average molecular weight is 426 g/mol. The van der Waals surface area contributed by atoms with Crippen molar-refractivity contribution in [1.82, 2.24) is 20.7 Å². The fraction of sp³-hybridized carbons (Fsp3) is 0.348. The van der Waals surface area contributed by atoms with Crippen molar-refractivity contribution in [2.45, 2.75) is 38.3 Å². The molecular weight excluding hydrogens is 399 g/mol. The van der Waals surface area contributed by atoms with Gasteiger partial charge in [-0.1, -0.05) is 42.5 Å². The summed E-state index contributed by atoms with van der Waals surface area (Å²) in [6.07, 6.45) is 1.03. The van der Waals surface area contributed by atoms with Crippen LogP contribution < -0.4 is 10.7 Å². The van der Waals surface area contributed by atoms with Crippen LogP contribution in [0.25, 0.3) is 0 Å². The number of carbonyl (C=O) groups is 3. The molecule has 2 unspecified atom stereocenters. The highest BCUT2D eigenvalue weighted by Gasteiger charge is 2.48. The fourth-order valence-electron chi connectivity index (χ4n) is 3.51. The SMILES string of the molecule is CC(c1ccc(F)cc1)N(C)CC(=O)NN1C(=O)NC(C)(CCc2ccccc2)C1=O. The standard InChI is InChI=1S/C23H27FN4O3/c1-16(18-9-11-19(24)12-10-18)27(3)15-20(29)26-28-21(30)23(2,25-22(28)31)14-13-17-7-5-4-6-8-17/h4-12,16H,13-15H2,1-3H3,(H,25,31)(H,26,29). The van der Waals surface area contributed by atoms with Crippen LogP contribution in [0.2, 0.25) is 0 Å². The molecule has 1 heterocycles. The maximum atomic E-state index is 13.1.